The highest BCUT2D eigenvalue weighted by molar-refractivity contribution is 9.10. The van der Waals surface area contributed by atoms with Crippen LogP contribution in [0.2, 0.25) is 9.36 Å². The highest BCUT2D eigenvalue weighted by atomic mass is 79.9. The molecule has 2 aromatic heterocycles. The van der Waals surface area contributed by atoms with E-state index >= 15 is 0 Å². The minimum absolute atomic E-state index is 0.140. The first kappa shape index (κ1) is 13.8. The molecule has 94 valence electrons. The normalized spacial score (nSPS) is 11.3. The smallest absolute Gasteiger partial charge is 0.267 e. The Morgan fingerprint density at radius 3 is 2.78 bits per heavy atom. The van der Waals surface area contributed by atoms with Crippen molar-refractivity contribution in [3.05, 3.63) is 47.2 Å². The Labute approximate surface area is 126 Å². The standard InChI is InChI=1S/C11H7BrCl2N2OS/c1-16-5-15-7(8(12)11(16)17)3-2-6-4-18-10(14)9(6)13/h2-5H,1H3/b3-2+. The Morgan fingerprint density at radius 1 is 1.44 bits per heavy atom. The van der Waals surface area contributed by atoms with Gasteiger partial charge >= 0.3 is 0 Å². The molecule has 0 bridgehead atoms. The molecule has 0 atom stereocenters. The SMILES string of the molecule is Cn1cnc(/C=C/c2csc(Cl)c2Cl)c(Br)c1=O. The van der Waals surface area contributed by atoms with Gasteiger partial charge in [0.05, 0.1) is 17.0 Å². The Hall–Kier alpha value is -0.620. The molecular formula is C11H7BrCl2N2OS. The molecule has 2 aromatic rings. The summed E-state index contributed by atoms with van der Waals surface area (Å²) in [6.07, 6.45) is 4.96. The third-order valence-corrected chi connectivity index (χ3v) is 4.84. The van der Waals surface area contributed by atoms with Gasteiger partial charge in [-0.1, -0.05) is 29.3 Å². The molecule has 0 amide bonds. The summed E-state index contributed by atoms with van der Waals surface area (Å²) in [5.41, 5.74) is 1.22. The van der Waals surface area contributed by atoms with Crippen molar-refractivity contribution in [2.75, 3.05) is 0 Å². The van der Waals surface area contributed by atoms with E-state index in [9.17, 15) is 4.79 Å². The zero-order chi connectivity index (χ0) is 13.3. The summed E-state index contributed by atoms with van der Waals surface area (Å²) in [7, 11) is 1.64. The van der Waals surface area contributed by atoms with E-state index in [0.717, 1.165) is 5.56 Å². The van der Waals surface area contributed by atoms with E-state index in [1.165, 1.54) is 22.2 Å². The zero-order valence-corrected chi connectivity index (χ0v) is 13.1. The van der Waals surface area contributed by atoms with Gasteiger partial charge in [0.1, 0.15) is 8.81 Å². The van der Waals surface area contributed by atoms with E-state index in [4.69, 9.17) is 23.2 Å². The molecule has 0 saturated heterocycles. The highest BCUT2D eigenvalue weighted by Gasteiger charge is 2.07. The Balaban J connectivity index is 2.38. The third kappa shape index (κ3) is 2.69. The van der Waals surface area contributed by atoms with Crippen molar-refractivity contribution in [1.29, 1.82) is 0 Å². The molecule has 0 spiro atoms. The lowest BCUT2D eigenvalue weighted by atomic mass is 10.2. The number of hydrogen-bond acceptors (Lipinski definition) is 3. The second-order valence-corrected chi connectivity index (χ2v) is 6.12. The van der Waals surface area contributed by atoms with Crippen LogP contribution in [0, 0.1) is 0 Å². The van der Waals surface area contributed by atoms with E-state index in [-0.39, 0.29) is 5.56 Å². The first-order valence-corrected chi connectivity index (χ1v) is 7.25. The van der Waals surface area contributed by atoms with Gasteiger partial charge in [-0.05, 0) is 22.0 Å². The van der Waals surface area contributed by atoms with Gasteiger partial charge in [0, 0.05) is 18.0 Å². The number of aromatic nitrogens is 2. The van der Waals surface area contributed by atoms with Crippen LogP contribution < -0.4 is 5.56 Å². The first-order chi connectivity index (χ1) is 8.50. The molecule has 0 aliphatic heterocycles. The van der Waals surface area contributed by atoms with Crippen molar-refractivity contribution in [2.24, 2.45) is 7.05 Å². The molecule has 0 radical (unpaired) electrons. The maximum absolute atomic E-state index is 11.7. The lowest BCUT2D eigenvalue weighted by Crippen LogP contribution is -2.18. The van der Waals surface area contributed by atoms with E-state index in [0.29, 0.717) is 19.5 Å². The van der Waals surface area contributed by atoms with Gasteiger partial charge < -0.3 is 4.57 Å². The van der Waals surface area contributed by atoms with Crippen LogP contribution in [0.5, 0.6) is 0 Å². The molecule has 2 rings (SSSR count). The predicted molar refractivity (Wildman–Crippen MR) is 80.4 cm³/mol. The van der Waals surface area contributed by atoms with Gasteiger partial charge in [-0.15, -0.1) is 11.3 Å². The summed E-state index contributed by atoms with van der Waals surface area (Å²) in [5.74, 6) is 0. The van der Waals surface area contributed by atoms with Gasteiger partial charge in [0.2, 0.25) is 0 Å². The molecule has 2 heterocycles. The number of aryl methyl sites for hydroxylation is 1. The number of hydrogen-bond donors (Lipinski definition) is 0. The average molecular weight is 366 g/mol. The zero-order valence-electron chi connectivity index (χ0n) is 9.15. The topological polar surface area (TPSA) is 34.9 Å². The largest absolute Gasteiger partial charge is 0.301 e. The number of nitrogens with zero attached hydrogens (tertiary/aromatic N) is 2. The quantitative estimate of drug-likeness (QED) is 0.803. The van der Waals surface area contributed by atoms with Gasteiger partial charge in [-0.3, -0.25) is 4.79 Å². The van der Waals surface area contributed by atoms with E-state index in [1.807, 2.05) is 5.38 Å². The van der Waals surface area contributed by atoms with E-state index in [1.54, 1.807) is 19.2 Å². The second kappa shape index (κ2) is 5.57. The van der Waals surface area contributed by atoms with Gasteiger partial charge in [0.25, 0.3) is 5.56 Å². The molecule has 0 unspecified atom stereocenters. The lowest BCUT2D eigenvalue weighted by molar-refractivity contribution is 0.813. The number of rotatable bonds is 2. The van der Waals surface area contributed by atoms with Crippen molar-refractivity contribution in [3.8, 4) is 0 Å². The summed E-state index contributed by atoms with van der Waals surface area (Å²) >= 11 is 16.4. The summed E-state index contributed by atoms with van der Waals surface area (Å²) in [4.78, 5) is 15.8. The van der Waals surface area contributed by atoms with Crippen molar-refractivity contribution in [3.63, 3.8) is 0 Å². The van der Waals surface area contributed by atoms with Crippen LogP contribution in [0.4, 0.5) is 0 Å². The minimum atomic E-state index is -0.140. The molecule has 0 fully saturated rings. The van der Waals surface area contributed by atoms with Crippen molar-refractivity contribution in [2.45, 2.75) is 0 Å². The van der Waals surface area contributed by atoms with Crippen LogP contribution in [-0.4, -0.2) is 9.55 Å². The minimum Gasteiger partial charge on any atom is -0.301 e. The molecule has 0 N–H and O–H groups in total. The fraction of sp³-hybridized carbons (Fsp3) is 0.0909. The molecule has 0 aromatic carbocycles. The number of thiophene rings is 1. The van der Waals surface area contributed by atoms with Crippen LogP contribution in [0.3, 0.4) is 0 Å². The van der Waals surface area contributed by atoms with E-state index < -0.39 is 0 Å². The van der Waals surface area contributed by atoms with Crippen LogP contribution in [-0.2, 0) is 7.05 Å². The first-order valence-electron chi connectivity index (χ1n) is 4.82. The maximum Gasteiger partial charge on any atom is 0.267 e. The Bertz CT molecular complexity index is 678. The van der Waals surface area contributed by atoms with Crippen molar-refractivity contribution < 1.29 is 0 Å². The third-order valence-electron chi connectivity index (χ3n) is 2.24. The average Bonchev–Trinajstić information content (AvgIpc) is 2.67. The molecule has 7 heteroatoms. The maximum atomic E-state index is 11.7. The lowest BCUT2D eigenvalue weighted by Gasteiger charge is -2.00. The highest BCUT2D eigenvalue weighted by Crippen LogP contribution is 2.33. The van der Waals surface area contributed by atoms with Gasteiger partial charge in [-0.25, -0.2) is 4.98 Å². The Morgan fingerprint density at radius 2 is 2.17 bits per heavy atom. The molecule has 18 heavy (non-hydrogen) atoms. The van der Waals surface area contributed by atoms with Crippen molar-refractivity contribution in [1.82, 2.24) is 9.55 Å². The molecule has 3 nitrogen and oxygen atoms in total. The fourth-order valence-corrected chi connectivity index (χ4v) is 2.97. The van der Waals surface area contributed by atoms with Crippen LogP contribution >= 0.6 is 50.5 Å². The molecule has 0 aliphatic carbocycles. The van der Waals surface area contributed by atoms with E-state index in [2.05, 4.69) is 20.9 Å². The summed E-state index contributed by atoms with van der Waals surface area (Å²) in [5, 5.41) is 2.36. The van der Waals surface area contributed by atoms with Gasteiger partial charge in [-0.2, -0.15) is 0 Å². The number of halogens is 3. The van der Waals surface area contributed by atoms with Crippen LogP contribution in [0.15, 0.2) is 21.0 Å². The second-order valence-electron chi connectivity index (χ2n) is 3.47. The fourth-order valence-electron chi connectivity index (χ4n) is 1.25. The summed E-state index contributed by atoms with van der Waals surface area (Å²) < 4.78 is 2.36. The molecular weight excluding hydrogens is 359 g/mol. The van der Waals surface area contributed by atoms with Crippen molar-refractivity contribution >= 4 is 62.6 Å². The predicted octanol–water partition coefficient (Wildman–Crippen LogP) is 4.08. The van der Waals surface area contributed by atoms with Crippen LogP contribution in [0.1, 0.15) is 11.3 Å². The summed E-state index contributed by atoms with van der Waals surface area (Å²) in [6.45, 7) is 0. The monoisotopic (exact) mass is 364 g/mol. The van der Waals surface area contributed by atoms with Crippen LogP contribution in [0.25, 0.3) is 12.2 Å². The summed E-state index contributed by atoms with van der Waals surface area (Å²) in [6, 6.07) is 0. The molecule has 0 saturated carbocycles. The molecule has 0 aliphatic rings. The van der Waals surface area contributed by atoms with Gasteiger partial charge in [0.15, 0.2) is 0 Å². The Kier molecular flexibility index (Phi) is 4.27.